The van der Waals surface area contributed by atoms with Crippen LogP contribution in [0.1, 0.15) is 23.3 Å². The smallest absolute Gasteiger partial charge is 0.274 e. The number of likely N-dealkylation sites (tertiary alicyclic amines) is 1. The third-order valence-corrected chi connectivity index (χ3v) is 3.91. The van der Waals surface area contributed by atoms with Gasteiger partial charge in [0.1, 0.15) is 5.69 Å². The summed E-state index contributed by atoms with van der Waals surface area (Å²) in [5.74, 6) is -0.0127. The standard InChI is InChI=1S/C12H18N4O3S/c1-20(18,19)15-7-10-3-2-6-16(9-10)12(17)11-8-13-4-5-14-11/h4-5,8,10,15H,2-3,6-7,9H2,1H3. The summed E-state index contributed by atoms with van der Waals surface area (Å²) in [6.07, 6.45) is 7.36. The van der Waals surface area contributed by atoms with E-state index in [2.05, 4.69) is 14.7 Å². The molecule has 1 N–H and O–H groups in total. The first-order valence-corrected chi connectivity index (χ1v) is 8.35. The van der Waals surface area contributed by atoms with Crippen LogP contribution in [0.3, 0.4) is 0 Å². The highest BCUT2D eigenvalue weighted by atomic mass is 32.2. The Balaban J connectivity index is 1.95. The summed E-state index contributed by atoms with van der Waals surface area (Å²) in [5.41, 5.74) is 0.323. The van der Waals surface area contributed by atoms with E-state index in [1.807, 2.05) is 0 Å². The van der Waals surface area contributed by atoms with E-state index in [9.17, 15) is 13.2 Å². The molecule has 8 heteroatoms. The Kier molecular flexibility index (Phi) is 4.66. The van der Waals surface area contributed by atoms with Gasteiger partial charge in [-0.15, -0.1) is 0 Å². The van der Waals surface area contributed by atoms with E-state index in [1.54, 1.807) is 4.90 Å². The fourth-order valence-corrected chi connectivity index (χ4v) is 2.80. The van der Waals surface area contributed by atoms with Crippen molar-refractivity contribution in [1.82, 2.24) is 19.6 Å². The van der Waals surface area contributed by atoms with Crippen molar-refractivity contribution in [1.29, 1.82) is 0 Å². The van der Waals surface area contributed by atoms with Crippen molar-refractivity contribution in [3.05, 3.63) is 24.3 Å². The number of hydrogen-bond donors (Lipinski definition) is 1. The highest BCUT2D eigenvalue weighted by molar-refractivity contribution is 7.88. The van der Waals surface area contributed by atoms with Crippen LogP contribution >= 0.6 is 0 Å². The Bertz CT molecular complexity index is 561. The SMILES string of the molecule is CS(=O)(=O)NCC1CCCN(C(=O)c2cnccn2)C1. The molecule has 0 aromatic carbocycles. The lowest BCUT2D eigenvalue weighted by atomic mass is 9.98. The molecule has 0 bridgehead atoms. The second kappa shape index (κ2) is 6.27. The Labute approximate surface area is 118 Å². The van der Waals surface area contributed by atoms with E-state index >= 15 is 0 Å². The highest BCUT2D eigenvalue weighted by Crippen LogP contribution is 2.17. The number of sulfonamides is 1. The van der Waals surface area contributed by atoms with E-state index in [0.29, 0.717) is 25.3 Å². The van der Waals surface area contributed by atoms with Crippen LogP contribution in [0.5, 0.6) is 0 Å². The van der Waals surface area contributed by atoms with Crippen molar-refractivity contribution in [3.8, 4) is 0 Å². The van der Waals surface area contributed by atoms with Crippen molar-refractivity contribution in [2.75, 3.05) is 25.9 Å². The van der Waals surface area contributed by atoms with E-state index in [0.717, 1.165) is 19.1 Å². The molecule has 2 heterocycles. The topological polar surface area (TPSA) is 92.3 Å². The van der Waals surface area contributed by atoms with Crippen molar-refractivity contribution >= 4 is 15.9 Å². The van der Waals surface area contributed by atoms with Crippen LogP contribution in [-0.4, -0.2) is 55.1 Å². The first-order chi connectivity index (χ1) is 9.46. The van der Waals surface area contributed by atoms with E-state index in [1.165, 1.54) is 18.6 Å². The Hall–Kier alpha value is -1.54. The fourth-order valence-electron chi connectivity index (χ4n) is 2.26. The lowest BCUT2D eigenvalue weighted by Gasteiger charge is -2.32. The summed E-state index contributed by atoms with van der Waals surface area (Å²) >= 11 is 0. The summed E-state index contributed by atoms with van der Waals surface area (Å²) in [6.45, 7) is 1.58. The molecule has 1 aliphatic rings. The minimum Gasteiger partial charge on any atom is -0.337 e. The normalized spacial score (nSPS) is 19.9. The number of nitrogens with zero attached hydrogens (tertiary/aromatic N) is 3. The maximum Gasteiger partial charge on any atom is 0.274 e. The Morgan fingerprint density at radius 3 is 2.95 bits per heavy atom. The third kappa shape index (κ3) is 4.24. The van der Waals surface area contributed by atoms with Crippen LogP contribution in [0.15, 0.2) is 18.6 Å². The molecule has 7 nitrogen and oxygen atoms in total. The van der Waals surface area contributed by atoms with Crippen LogP contribution in [0, 0.1) is 5.92 Å². The average molecular weight is 298 g/mol. The fraction of sp³-hybridized carbons (Fsp3) is 0.583. The van der Waals surface area contributed by atoms with Gasteiger partial charge in [-0.25, -0.2) is 18.1 Å². The number of piperidine rings is 1. The molecule has 1 unspecified atom stereocenters. The van der Waals surface area contributed by atoms with Gasteiger partial charge < -0.3 is 4.90 Å². The minimum atomic E-state index is -3.19. The van der Waals surface area contributed by atoms with E-state index < -0.39 is 10.0 Å². The van der Waals surface area contributed by atoms with E-state index in [-0.39, 0.29) is 11.8 Å². The molecule has 2 rings (SSSR count). The van der Waals surface area contributed by atoms with Gasteiger partial charge in [0.25, 0.3) is 5.91 Å². The first kappa shape index (κ1) is 14.9. The van der Waals surface area contributed by atoms with Gasteiger partial charge in [-0.1, -0.05) is 0 Å². The number of rotatable bonds is 4. The van der Waals surface area contributed by atoms with Gasteiger partial charge in [0.15, 0.2) is 0 Å². The van der Waals surface area contributed by atoms with Crippen molar-refractivity contribution < 1.29 is 13.2 Å². The number of carbonyl (C=O) groups is 1. The molecule has 1 saturated heterocycles. The van der Waals surface area contributed by atoms with Crippen LogP contribution in [0.25, 0.3) is 0 Å². The molecule has 0 radical (unpaired) electrons. The van der Waals surface area contributed by atoms with Crippen molar-refractivity contribution in [2.24, 2.45) is 5.92 Å². The molecule has 0 saturated carbocycles. The second-order valence-electron chi connectivity index (χ2n) is 4.97. The van der Waals surface area contributed by atoms with Crippen LogP contribution in [-0.2, 0) is 10.0 Å². The lowest BCUT2D eigenvalue weighted by Crippen LogP contribution is -2.43. The molecule has 0 spiro atoms. The number of aromatic nitrogens is 2. The van der Waals surface area contributed by atoms with Gasteiger partial charge in [0.05, 0.1) is 12.5 Å². The average Bonchev–Trinajstić information content (AvgIpc) is 2.45. The Morgan fingerprint density at radius 1 is 1.50 bits per heavy atom. The molecule has 20 heavy (non-hydrogen) atoms. The van der Waals surface area contributed by atoms with Gasteiger partial charge in [0.2, 0.25) is 10.0 Å². The molecule has 110 valence electrons. The van der Waals surface area contributed by atoms with Crippen molar-refractivity contribution in [3.63, 3.8) is 0 Å². The van der Waals surface area contributed by atoms with Crippen LogP contribution in [0.4, 0.5) is 0 Å². The Morgan fingerprint density at radius 2 is 2.30 bits per heavy atom. The summed E-state index contributed by atoms with van der Waals surface area (Å²) in [6, 6.07) is 0. The van der Waals surface area contributed by atoms with Gasteiger partial charge in [-0.3, -0.25) is 9.78 Å². The third-order valence-electron chi connectivity index (χ3n) is 3.22. The molecule has 1 fully saturated rings. The molecule has 1 aromatic heterocycles. The highest BCUT2D eigenvalue weighted by Gasteiger charge is 2.25. The molecule has 1 aliphatic heterocycles. The number of amides is 1. The van der Waals surface area contributed by atoms with Crippen LogP contribution < -0.4 is 4.72 Å². The molecular formula is C12H18N4O3S. The maximum atomic E-state index is 12.2. The molecular weight excluding hydrogens is 280 g/mol. The van der Waals surface area contributed by atoms with Gasteiger partial charge >= 0.3 is 0 Å². The zero-order valence-corrected chi connectivity index (χ0v) is 12.1. The zero-order valence-electron chi connectivity index (χ0n) is 11.3. The predicted octanol–water partition coefficient (Wildman–Crippen LogP) is -0.122. The first-order valence-electron chi connectivity index (χ1n) is 6.45. The van der Waals surface area contributed by atoms with Crippen LogP contribution in [0.2, 0.25) is 0 Å². The van der Waals surface area contributed by atoms with Gasteiger partial charge in [-0.2, -0.15) is 0 Å². The molecule has 1 atom stereocenters. The zero-order chi connectivity index (χ0) is 14.6. The molecule has 1 amide bonds. The summed E-state index contributed by atoms with van der Waals surface area (Å²) in [4.78, 5) is 21.8. The monoisotopic (exact) mass is 298 g/mol. The summed E-state index contributed by atoms with van der Waals surface area (Å²) in [5, 5.41) is 0. The second-order valence-corrected chi connectivity index (χ2v) is 6.80. The predicted molar refractivity (Wildman–Crippen MR) is 73.5 cm³/mol. The number of hydrogen-bond acceptors (Lipinski definition) is 5. The quantitative estimate of drug-likeness (QED) is 0.836. The molecule has 0 aliphatic carbocycles. The molecule has 1 aromatic rings. The number of carbonyl (C=O) groups excluding carboxylic acids is 1. The summed E-state index contributed by atoms with van der Waals surface area (Å²) < 4.78 is 24.7. The van der Waals surface area contributed by atoms with Gasteiger partial charge in [0, 0.05) is 32.0 Å². The number of nitrogens with one attached hydrogen (secondary N) is 1. The van der Waals surface area contributed by atoms with Crippen molar-refractivity contribution in [2.45, 2.75) is 12.8 Å². The van der Waals surface area contributed by atoms with E-state index in [4.69, 9.17) is 0 Å². The lowest BCUT2D eigenvalue weighted by molar-refractivity contribution is 0.0670. The van der Waals surface area contributed by atoms with Gasteiger partial charge in [-0.05, 0) is 18.8 Å². The largest absolute Gasteiger partial charge is 0.337 e. The maximum absolute atomic E-state index is 12.2. The summed E-state index contributed by atoms with van der Waals surface area (Å²) in [7, 11) is -3.19. The minimum absolute atomic E-state index is 0.138.